The molecular weight excluding hydrogens is 559 g/mol. The lowest BCUT2D eigenvalue weighted by atomic mass is 10.2. The van der Waals surface area contributed by atoms with E-state index in [-0.39, 0.29) is 11.7 Å². The first-order valence-electron chi connectivity index (χ1n) is 11.8. The Bertz CT molecular complexity index is 1280. The highest BCUT2D eigenvalue weighted by Gasteiger charge is 2.27. The highest BCUT2D eigenvalue weighted by atomic mass is 127. The van der Waals surface area contributed by atoms with Gasteiger partial charge in [-0.05, 0) is 80.6 Å². The van der Waals surface area contributed by atoms with Crippen molar-refractivity contribution in [2.24, 2.45) is 0 Å². The number of hydrogen-bond donors (Lipinski definition) is 0. The predicted molar refractivity (Wildman–Crippen MR) is 144 cm³/mol. The van der Waals surface area contributed by atoms with E-state index in [4.69, 9.17) is 14.5 Å². The number of benzene rings is 2. The number of amides is 1. The standard InChI is InChI=1S/C26H31IN4O4/c1-5-34-22-9-7-6-8-21(22)31-23(28-20-16-18(27)10-11-19(20)24(31)32)17-29-12-14-30(15-13-29)25(33)35-26(2,3)4/h6-11,16H,5,12-15,17H2,1-4H3. The first kappa shape index (κ1) is 25.4. The summed E-state index contributed by atoms with van der Waals surface area (Å²) >= 11 is 2.23. The zero-order chi connectivity index (χ0) is 25.2. The summed E-state index contributed by atoms with van der Waals surface area (Å²) in [7, 11) is 0. The van der Waals surface area contributed by atoms with Crippen LogP contribution in [0.2, 0.25) is 0 Å². The molecule has 1 aliphatic heterocycles. The molecule has 1 amide bonds. The monoisotopic (exact) mass is 590 g/mol. The van der Waals surface area contributed by atoms with Crippen molar-refractivity contribution in [3.05, 3.63) is 62.2 Å². The van der Waals surface area contributed by atoms with E-state index in [2.05, 4.69) is 27.5 Å². The van der Waals surface area contributed by atoms with Crippen LogP contribution in [0.4, 0.5) is 4.79 Å². The van der Waals surface area contributed by atoms with Crippen molar-refractivity contribution in [3.63, 3.8) is 0 Å². The van der Waals surface area contributed by atoms with Crippen LogP contribution < -0.4 is 10.3 Å². The minimum atomic E-state index is -0.523. The van der Waals surface area contributed by atoms with Gasteiger partial charge < -0.3 is 14.4 Å². The molecular formula is C26H31IN4O4. The van der Waals surface area contributed by atoms with Gasteiger partial charge in [-0.2, -0.15) is 0 Å². The van der Waals surface area contributed by atoms with Gasteiger partial charge >= 0.3 is 6.09 Å². The van der Waals surface area contributed by atoms with E-state index in [0.717, 1.165) is 3.57 Å². The second-order valence-corrected chi connectivity index (χ2v) is 10.7. The average molecular weight is 590 g/mol. The number of carbonyl (C=O) groups is 1. The van der Waals surface area contributed by atoms with Crippen molar-refractivity contribution in [2.75, 3.05) is 32.8 Å². The first-order valence-corrected chi connectivity index (χ1v) is 12.9. The summed E-state index contributed by atoms with van der Waals surface area (Å²) in [5, 5.41) is 0.565. The summed E-state index contributed by atoms with van der Waals surface area (Å²) in [5.41, 5.74) is 0.704. The summed E-state index contributed by atoms with van der Waals surface area (Å²) in [4.78, 5) is 35.0. The van der Waals surface area contributed by atoms with Crippen LogP contribution in [0.1, 0.15) is 33.5 Å². The fourth-order valence-corrected chi connectivity index (χ4v) is 4.57. The molecule has 0 N–H and O–H groups in total. The Morgan fingerprint density at radius 1 is 1.09 bits per heavy atom. The number of hydrogen-bond acceptors (Lipinski definition) is 6. The molecule has 8 nitrogen and oxygen atoms in total. The zero-order valence-corrected chi connectivity index (χ0v) is 22.7. The van der Waals surface area contributed by atoms with Gasteiger partial charge in [0.25, 0.3) is 5.56 Å². The molecule has 0 aliphatic carbocycles. The molecule has 1 fully saturated rings. The van der Waals surface area contributed by atoms with Crippen LogP contribution >= 0.6 is 22.6 Å². The fraction of sp³-hybridized carbons (Fsp3) is 0.423. The quantitative estimate of drug-likeness (QED) is 0.409. The van der Waals surface area contributed by atoms with Crippen LogP contribution in [0.5, 0.6) is 5.75 Å². The molecule has 1 saturated heterocycles. The summed E-state index contributed by atoms with van der Waals surface area (Å²) in [6.45, 7) is 10.9. The average Bonchev–Trinajstić information content (AvgIpc) is 2.79. The third-order valence-electron chi connectivity index (χ3n) is 5.70. The molecule has 186 valence electrons. The van der Waals surface area contributed by atoms with Gasteiger partial charge in [-0.15, -0.1) is 0 Å². The normalized spacial score (nSPS) is 14.8. The minimum absolute atomic E-state index is 0.124. The Hall–Kier alpha value is -2.66. The summed E-state index contributed by atoms with van der Waals surface area (Å²) in [5.74, 6) is 1.28. The van der Waals surface area contributed by atoms with E-state index in [1.807, 2.05) is 70.2 Å². The number of rotatable bonds is 5. The number of aromatic nitrogens is 2. The van der Waals surface area contributed by atoms with E-state index in [1.54, 1.807) is 9.47 Å². The van der Waals surface area contributed by atoms with Gasteiger partial charge in [0, 0.05) is 29.7 Å². The Balaban J connectivity index is 1.67. The number of nitrogens with zero attached hydrogens (tertiary/aromatic N) is 4. The van der Waals surface area contributed by atoms with Crippen molar-refractivity contribution in [1.29, 1.82) is 0 Å². The lowest BCUT2D eigenvalue weighted by molar-refractivity contribution is 0.0136. The van der Waals surface area contributed by atoms with Gasteiger partial charge in [-0.25, -0.2) is 9.78 Å². The second-order valence-electron chi connectivity index (χ2n) is 9.47. The molecule has 2 aromatic carbocycles. The van der Waals surface area contributed by atoms with Crippen LogP contribution in [-0.2, 0) is 11.3 Å². The Morgan fingerprint density at radius 2 is 1.80 bits per heavy atom. The summed E-state index contributed by atoms with van der Waals surface area (Å²) < 4.78 is 14.0. The van der Waals surface area contributed by atoms with Crippen LogP contribution in [0.25, 0.3) is 16.6 Å². The van der Waals surface area contributed by atoms with Crippen molar-refractivity contribution in [2.45, 2.75) is 39.8 Å². The number of fused-ring (bicyclic) bond motifs is 1. The highest BCUT2D eigenvalue weighted by molar-refractivity contribution is 14.1. The lowest BCUT2D eigenvalue weighted by Gasteiger charge is -2.35. The molecule has 1 aromatic heterocycles. The molecule has 1 aliphatic rings. The van der Waals surface area contributed by atoms with Crippen LogP contribution in [-0.4, -0.2) is 63.8 Å². The van der Waals surface area contributed by atoms with E-state index in [0.29, 0.717) is 67.5 Å². The van der Waals surface area contributed by atoms with Crippen molar-refractivity contribution in [3.8, 4) is 11.4 Å². The Labute approximate surface area is 219 Å². The van der Waals surface area contributed by atoms with E-state index < -0.39 is 5.60 Å². The maximum Gasteiger partial charge on any atom is 0.410 e. The molecule has 9 heteroatoms. The van der Waals surface area contributed by atoms with E-state index >= 15 is 0 Å². The van der Waals surface area contributed by atoms with Crippen LogP contribution in [0.15, 0.2) is 47.3 Å². The topological polar surface area (TPSA) is 76.9 Å². The van der Waals surface area contributed by atoms with Gasteiger partial charge in [-0.1, -0.05) is 12.1 Å². The number of piperazine rings is 1. The van der Waals surface area contributed by atoms with Crippen LogP contribution in [0.3, 0.4) is 0 Å². The predicted octanol–water partition coefficient (Wildman–Crippen LogP) is 4.44. The van der Waals surface area contributed by atoms with Crippen molar-refractivity contribution < 1.29 is 14.3 Å². The highest BCUT2D eigenvalue weighted by Crippen LogP contribution is 2.25. The molecule has 35 heavy (non-hydrogen) atoms. The third-order valence-corrected chi connectivity index (χ3v) is 6.37. The number of halogens is 1. The van der Waals surface area contributed by atoms with Crippen molar-refractivity contribution >= 4 is 39.6 Å². The van der Waals surface area contributed by atoms with Gasteiger partial charge in [0.15, 0.2) is 0 Å². The van der Waals surface area contributed by atoms with Gasteiger partial charge in [-0.3, -0.25) is 14.3 Å². The molecule has 2 heterocycles. The fourth-order valence-electron chi connectivity index (χ4n) is 4.09. The second kappa shape index (κ2) is 10.5. The third kappa shape index (κ3) is 5.95. The molecule has 0 radical (unpaired) electrons. The SMILES string of the molecule is CCOc1ccccc1-n1c(CN2CCN(C(=O)OC(C)(C)C)CC2)nc2cc(I)ccc2c1=O. The first-order chi connectivity index (χ1) is 16.7. The Morgan fingerprint density at radius 3 is 2.49 bits per heavy atom. The molecule has 0 atom stereocenters. The maximum atomic E-state index is 13.7. The summed E-state index contributed by atoms with van der Waals surface area (Å²) in [6.07, 6.45) is -0.293. The molecule has 0 saturated carbocycles. The van der Waals surface area contributed by atoms with E-state index in [1.165, 1.54) is 0 Å². The Kier molecular flexibility index (Phi) is 7.65. The van der Waals surface area contributed by atoms with Gasteiger partial charge in [0.05, 0.1) is 29.7 Å². The lowest BCUT2D eigenvalue weighted by Crippen LogP contribution is -2.50. The van der Waals surface area contributed by atoms with Crippen LogP contribution in [0, 0.1) is 3.57 Å². The van der Waals surface area contributed by atoms with Gasteiger partial charge in [0.1, 0.15) is 17.2 Å². The number of ether oxygens (including phenoxy) is 2. The largest absolute Gasteiger partial charge is 0.492 e. The molecule has 0 unspecified atom stereocenters. The summed E-state index contributed by atoms with van der Waals surface area (Å²) in [6, 6.07) is 13.2. The van der Waals surface area contributed by atoms with Crippen molar-refractivity contribution in [1.82, 2.24) is 19.4 Å². The van der Waals surface area contributed by atoms with Gasteiger partial charge in [0.2, 0.25) is 0 Å². The minimum Gasteiger partial charge on any atom is -0.492 e. The zero-order valence-electron chi connectivity index (χ0n) is 20.6. The molecule has 0 spiro atoms. The molecule has 0 bridgehead atoms. The number of para-hydroxylation sites is 2. The molecule has 3 aromatic rings. The maximum absolute atomic E-state index is 13.7. The number of carbonyl (C=O) groups excluding carboxylic acids is 1. The molecule has 4 rings (SSSR count). The smallest absolute Gasteiger partial charge is 0.410 e. The van der Waals surface area contributed by atoms with E-state index in [9.17, 15) is 9.59 Å².